The van der Waals surface area contributed by atoms with Gasteiger partial charge >= 0.3 is 109 Å². The van der Waals surface area contributed by atoms with Gasteiger partial charge in [-0.05, 0) is 63.1 Å². The second-order valence-electron chi connectivity index (χ2n) is 13.3. The van der Waals surface area contributed by atoms with Gasteiger partial charge in [-0.15, -0.1) is 0 Å². The van der Waals surface area contributed by atoms with Gasteiger partial charge in [0.1, 0.15) is 20.2 Å². The molecule has 0 spiro atoms. The van der Waals surface area contributed by atoms with E-state index < -0.39 is 47.5 Å². The van der Waals surface area contributed by atoms with Gasteiger partial charge in [0, 0.05) is 59.8 Å². The number of fused-ring (bicyclic) bond motifs is 1. The fourth-order valence-corrected chi connectivity index (χ4v) is 9.58. The minimum absolute atomic E-state index is 0. The normalized spacial score (nSPS) is 18.9. The number of thioether (sulfide) groups is 1. The van der Waals surface area contributed by atoms with Crippen molar-refractivity contribution in [2.24, 2.45) is 0 Å². The van der Waals surface area contributed by atoms with E-state index in [1.165, 1.54) is 0 Å². The number of hydrogen-bond acceptors (Lipinski definition) is 13. The number of nitrogens with zero attached hydrogens (tertiary/aromatic N) is 1. The maximum Gasteiger partial charge on any atom is 1.00 e. The van der Waals surface area contributed by atoms with E-state index in [1.54, 1.807) is 0 Å². The van der Waals surface area contributed by atoms with Crippen LogP contribution in [0.3, 0.4) is 0 Å². The van der Waals surface area contributed by atoms with Gasteiger partial charge in [0.2, 0.25) is 11.8 Å². The summed E-state index contributed by atoms with van der Waals surface area (Å²) in [4.78, 5) is 61.5. The van der Waals surface area contributed by atoms with Gasteiger partial charge in [-0.3, -0.25) is 24.1 Å². The standard InChI is InChI=1S/C33H44N6O11S3.2K/c34-29-20-15-19(52(45,46)47)16-21-28(20)22(17-25(29)53(48,49)50)32(43)39(31(21)42)14-8-2-7-13-36-26(40)10-3-1-6-12-35-27(41)11-5-4-9-24-30-23(18-51-24)37-33(44)38-30;;/h15-17,23-24,30H,1-14,18,34H2,(H,35,41)(H,36,40)(H2,37,38,44)(H,45,46,47)(H,48,49,50);;/q;2*+1/p-2/t23-,24-,30-;;/m0../s1. The maximum atomic E-state index is 13.3. The number of rotatable bonds is 19. The minimum Gasteiger partial charge on any atom is -0.744 e. The first kappa shape index (κ1) is 48.7. The molecule has 6 amide bonds. The molecule has 3 aliphatic rings. The Kier molecular flexibility index (Phi) is 19.0. The van der Waals surface area contributed by atoms with Crippen molar-refractivity contribution in [3.05, 3.63) is 29.3 Å². The number of benzene rings is 2. The Bertz CT molecular complexity index is 2000. The zero-order valence-corrected chi connectivity index (χ0v) is 39.5. The molecule has 0 unspecified atom stereocenters. The summed E-state index contributed by atoms with van der Waals surface area (Å²) < 4.78 is 71.1. The summed E-state index contributed by atoms with van der Waals surface area (Å²) in [5, 5.41) is 11.5. The van der Waals surface area contributed by atoms with Crippen LogP contribution >= 0.6 is 11.8 Å². The van der Waals surface area contributed by atoms with Crippen molar-refractivity contribution in [3.8, 4) is 0 Å². The average Bonchev–Trinajstić information content (AvgIpc) is 3.64. The Morgan fingerprint density at radius 2 is 1.38 bits per heavy atom. The number of anilines is 1. The Morgan fingerprint density at radius 1 is 0.800 bits per heavy atom. The summed E-state index contributed by atoms with van der Waals surface area (Å²) >= 11 is 1.86. The number of unbranched alkanes of at least 4 members (excludes halogenated alkanes) is 5. The van der Waals surface area contributed by atoms with E-state index in [0.717, 1.165) is 61.0 Å². The number of carbonyl (C=O) groups excluding carboxylic acids is 5. The van der Waals surface area contributed by atoms with E-state index in [1.807, 2.05) is 11.8 Å². The Hall–Kier alpha value is -0.707. The molecular formula is C33H42K2N6O11S3. The molecule has 0 saturated carbocycles. The molecule has 22 heteroatoms. The van der Waals surface area contributed by atoms with Crippen LogP contribution in [0, 0.1) is 0 Å². The monoisotopic (exact) mass is 872 g/mol. The fourth-order valence-electron chi connectivity index (χ4n) is 6.87. The van der Waals surface area contributed by atoms with Gasteiger partial charge in [-0.1, -0.05) is 12.8 Å². The fraction of sp³-hybridized carbons (Fsp3) is 0.545. The second kappa shape index (κ2) is 21.5. The van der Waals surface area contributed by atoms with E-state index in [0.29, 0.717) is 50.4 Å². The van der Waals surface area contributed by atoms with Gasteiger partial charge in [-0.2, -0.15) is 11.8 Å². The summed E-state index contributed by atoms with van der Waals surface area (Å²) in [5.74, 6) is -1.03. The molecule has 0 bridgehead atoms. The zero-order valence-electron chi connectivity index (χ0n) is 30.8. The number of nitrogens with one attached hydrogen (secondary N) is 4. The van der Waals surface area contributed by atoms with Crippen LogP contribution in [0.4, 0.5) is 10.5 Å². The molecule has 55 heavy (non-hydrogen) atoms. The van der Waals surface area contributed by atoms with Crippen LogP contribution in [0.15, 0.2) is 28.0 Å². The van der Waals surface area contributed by atoms with Crippen molar-refractivity contribution >= 4 is 78.1 Å². The molecule has 2 saturated heterocycles. The van der Waals surface area contributed by atoms with Crippen molar-refractivity contribution < 1.29 is 153 Å². The van der Waals surface area contributed by atoms with E-state index >= 15 is 0 Å². The SMILES string of the molecule is Nc1c(S(=O)(=O)[O-])cc2c3c(cc(S(=O)(=O)[O-])cc13)C(=O)N(CCCCCNC(=O)CCCCCNC(=O)CCCC[C@@H]1SC[C@@H]3NC(=O)N[C@@H]31)C2=O.[K+].[K+]. The average molecular weight is 873 g/mol. The van der Waals surface area contributed by atoms with E-state index in [4.69, 9.17) is 5.73 Å². The van der Waals surface area contributed by atoms with Crippen LogP contribution in [-0.2, 0) is 29.8 Å². The molecule has 3 aliphatic heterocycles. The molecule has 0 aromatic heterocycles. The largest absolute Gasteiger partial charge is 1.00 e. The van der Waals surface area contributed by atoms with E-state index in [2.05, 4.69) is 21.3 Å². The van der Waals surface area contributed by atoms with Gasteiger partial charge < -0.3 is 36.1 Å². The van der Waals surface area contributed by atoms with Crippen LogP contribution in [0.1, 0.15) is 91.3 Å². The van der Waals surface area contributed by atoms with Crippen molar-refractivity contribution in [3.63, 3.8) is 0 Å². The zero-order chi connectivity index (χ0) is 38.5. The van der Waals surface area contributed by atoms with Crippen LogP contribution in [0.2, 0.25) is 0 Å². The number of amides is 6. The third-order valence-corrected chi connectivity index (χ3v) is 12.8. The molecule has 2 fully saturated rings. The van der Waals surface area contributed by atoms with Crippen molar-refractivity contribution in [2.45, 2.75) is 97.8 Å². The maximum absolute atomic E-state index is 13.3. The summed E-state index contributed by atoms with van der Waals surface area (Å²) in [5.41, 5.74) is 4.48. The van der Waals surface area contributed by atoms with E-state index in [-0.39, 0.29) is 168 Å². The Labute approximate surface area is 409 Å². The quantitative estimate of drug-likeness (QED) is 0.0223. The van der Waals surface area contributed by atoms with Crippen molar-refractivity contribution in [2.75, 3.05) is 31.1 Å². The molecule has 5 rings (SSSR count). The third kappa shape index (κ3) is 12.6. The molecule has 3 heterocycles. The van der Waals surface area contributed by atoms with Crippen molar-refractivity contribution in [1.29, 1.82) is 0 Å². The predicted molar refractivity (Wildman–Crippen MR) is 192 cm³/mol. The Morgan fingerprint density at radius 3 is 1.98 bits per heavy atom. The molecule has 6 N–H and O–H groups in total. The molecule has 0 radical (unpaired) electrons. The van der Waals surface area contributed by atoms with Crippen LogP contribution in [0.25, 0.3) is 10.8 Å². The van der Waals surface area contributed by atoms with E-state index in [9.17, 15) is 49.9 Å². The first-order valence-electron chi connectivity index (χ1n) is 17.5. The van der Waals surface area contributed by atoms with Crippen LogP contribution in [-0.4, -0.2) is 103 Å². The number of hydrogen-bond donors (Lipinski definition) is 5. The number of urea groups is 1. The van der Waals surface area contributed by atoms with Crippen LogP contribution in [0.5, 0.6) is 0 Å². The van der Waals surface area contributed by atoms with Crippen molar-refractivity contribution in [1.82, 2.24) is 26.2 Å². The third-order valence-electron chi connectivity index (χ3n) is 9.59. The summed E-state index contributed by atoms with van der Waals surface area (Å²) in [6.07, 6.45) is 6.88. The molecule has 2 aromatic rings. The molecule has 0 aliphatic carbocycles. The van der Waals surface area contributed by atoms with Gasteiger partial charge in [-0.25, -0.2) is 21.6 Å². The van der Waals surface area contributed by atoms with Crippen LogP contribution < -0.4 is 130 Å². The molecular weight excluding hydrogens is 831 g/mol. The molecule has 3 atom stereocenters. The molecule has 290 valence electrons. The Balaban J connectivity index is 0.00000406. The smallest absolute Gasteiger partial charge is 0.744 e. The van der Waals surface area contributed by atoms with Gasteiger partial charge in [0.25, 0.3) is 11.8 Å². The first-order valence-corrected chi connectivity index (χ1v) is 21.3. The summed E-state index contributed by atoms with van der Waals surface area (Å²) in [6.45, 7) is 0.745. The summed E-state index contributed by atoms with van der Waals surface area (Å²) in [6, 6.07) is 2.57. The number of imide groups is 1. The van der Waals surface area contributed by atoms with Gasteiger partial charge in [0.15, 0.2) is 0 Å². The molecule has 17 nitrogen and oxygen atoms in total. The predicted octanol–water partition coefficient (Wildman–Crippen LogP) is -4.48. The van der Waals surface area contributed by atoms with Gasteiger partial charge in [0.05, 0.1) is 33.1 Å². The number of nitrogens with two attached hydrogens (primary N) is 1. The number of nitrogen functional groups attached to an aromatic ring is 1. The second-order valence-corrected chi connectivity index (χ2v) is 17.3. The topological polar surface area (TPSA) is 277 Å². The number of carbonyl (C=O) groups is 5. The minimum atomic E-state index is -5.22. The first-order chi connectivity index (χ1) is 25.1. The molecule has 2 aromatic carbocycles. The summed E-state index contributed by atoms with van der Waals surface area (Å²) in [7, 11) is -10.4.